The predicted octanol–water partition coefficient (Wildman–Crippen LogP) is 1.91. The van der Waals surface area contributed by atoms with Crippen molar-refractivity contribution >= 4 is 58.4 Å². The maximum absolute atomic E-state index is 14.3. The Balaban J connectivity index is 0.00000134. The lowest BCUT2D eigenvalue weighted by molar-refractivity contribution is 0.517. The van der Waals surface area contributed by atoms with Crippen molar-refractivity contribution in [3.8, 4) is 0 Å². The minimum absolute atomic E-state index is 0.179. The van der Waals surface area contributed by atoms with Crippen molar-refractivity contribution < 1.29 is 25.8 Å². The normalized spacial score (nSPS) is 11.6. The highest BCUT2D eigenvalue weighted by atomic mass is 28.4. The van der Waals surface area contributed by atoms with E-state index in [1.165, 1.54) is 61.2 Å². The van der Waals surface area contributed by atoms with Gasteiger partial charge in [0.15, 0.2) is 0 Å². The van der Waals surface area contributed by atoms with Crippen molar-refractivity contribution in [1.29, 1.82) is 0 Å². The fourth-order valence-electron chi connectivity index (χ4n) is 5.26. The summed E-state index contributed by atoms with van der Waals surface area (Å²) >= 11 is 0. The minimum Gasteiger partial charge on any atom is -0.458 e. The molecule has 0 N–H and O–H groups in total. The molecule has 2 aromatic heterocycles. The Labute approximate surface area is 271 Å². The molecule has 0 spiro atoms. The lowest BCUT2D eigenvalue weighted by atomic mass is 10.3. The molecular weight excluding hydrogens is 665 g/mol. The van der Waals surface area contributed by atoms with Crippen LogP contribution in [0.3, 0.4) is 0 Å². The van der Waals surface area contributed by atoms with Crippen molar-refractivity contribution in [3.63, 3.8) is 0 Å². The lowest BCUT2D eigenvalue weighted by Gasteiger charge is -2.43. The van der Waals surface area contributed by atoms with Gasteiger partial charge in [0.05, 0.1) is 12.3 Å². The number of halogens is 4. The Morgan fingerprint density at radius 2 is 0.761 bits per heavy atom. The molecule has 46 heavy (non-hydrogen) atoms. The zero-order chi connectivity index (χ0) is 32.6. The van der Waals surface area contributed by atoms with E-state index in [0.717, 1.165) is 0 Å². The topological polar surface area (TPSA) is 79.9 Å². The van der Waals surface area contributed by atoms with Crippen LogP contribution < -0.4 is 20.7 Å². The SMILES string of the molecule is Fc1ccc([Si](Cn2cncn2)(O[Si](Cn2cncn2)(c2ccc(F)cc2)c2ccc(F)cc2)c2ccc(F)cc2)cc1.[Si]O[Si]. The molecule has 0 aliphatic carbocycles. The minimum atomic E-state index is -3.62. The van der Waals surface area contributed by atoms with Gasteiger partial charge in [0.25, 0.3) is 16.6 Å². The second kappa shape index (κ2) is 14.8. The van der Waals surface area contributed by atoms with Crippen LogP contribution in [0.5, 0.6) is 0 Å². The molecule has 0 fully saturated rings. The van der Waals surface area contributed by atoms with E-state index < -0.39 is 39.9 Å². The van der Waals surface area contributed by atoms with Crippen LogP contribution in [0.4, 0.5) is 17.6 Å². The Morgan fingerprint density at radius 1 is 0.500 bits per heavy atom. The molecule has 0 saturated heterocycles. The molecule has 230 valence electrons. The molecule has 0 aliphatic heterocycles. The summed E-state index contributed by atoms with van der Waals surface area (Å²) in [5.74, 6) is -1.74. The molecule has 16 heteroatoms. The molecule has 0 atom stereocenters. The molecule has 6 aromatic rings. The highest BCUT2D eigenvalue weighted by Gasteiger charge is 2.52. The lowest BCUT2D eigenvalue weighted by Crippen LogP contribution is -2.76. The van der Waals surface area contributed by atoms with E-state index in [1.54, 1.807) is 70.5 Å². The third-order valence-corrected chi connectivity index (χ3v) is 16.7. The first-order chi connectivity index (χ1) is 22.3. The summed E-state index contributed by atoms with van der Waals surface area (Å²) < 4.78 is 72.1. The molecule has 2 heterocycles. The van der Waals surface area contributed by atoms with Gasteiger partial charge in [-0.3, -0.25) is 9.36 Å². The molecule has 6 rings (SSSR count). The largest absolute Gasteiger partial charge is 0.458 e. The number of benzene rings is 4. The van der Waals surface area contributed by atoms with Crippen molar-refractivity contribution in [2.75, 3.05) is 0 Å². The molecule has 4 aromatic carbocycles. The second-order valence-corrected chi connectivity index (χ2v) is 18.0. The van der Waals surface area contributed by atoms with Crippen LogP contribution in [-0.4, -0.2) is 67.1 Å². The molecule has 0 aliphatic rings. The van der Waals surface area contributed by atoms with Crippen LogP contribution >= 0.6 is 0 Å². The summed E-state index contributed by atoms with van der Waals surface area (Å²) in [6.45, 7) is 0. The average molecular weight is 689 g/mol. The number of hydrogen-bond acceptors (Lipinski definition) is 6. The van der Waals surface area contributed by atoms with E-state index in [9.17, 15) is 17.6 Å². The Kier molecular flexibility index (Phi) is 10.7. The fraction of sp³-hybridized carbons (Fsp3) is 0.0667. The van der Waals surface area contributed by atoms with E-state index in [1.807, 2.05) is 0 Å². The maximum Gasteiger partial charge on any atom is 0.267 e. The summed E-state index contributed by atoms with van der Waals surface area (Å²) in [5, 5.41) is 11.4. The Bertz CT molecular complexity index is 1580. The van der Waals surface area contributed by atoms with Gasteiger partial charge in [-0.15, -0.1) is 0 Å². The van der Waals surface area contributed by atoms with Crippen LogP contribution in [0.25, 0.3) is 0 Å². The third kappa shape index (κ3) is 7.38. The second-order valence-electron chi connectivity index (χ2n) is 10.1. The van der Waals surface area contributed by atoms with E-state index in [4.69, 9.17) is 4.12 Å². The Hall–Kier alpha value is -4.33. The van der Waals surface area contributed by atoms with Gasteiger partial charge in [-0.1, -0.05) is 48.5 Å². The number of aromatic nitrogens is 6. The molecule has 8 nitrogen and oxygen atoms in total. The van der Waals surface area contributed by atoms with E-state index >= 15 is 0 Å². The first-order valence-electron chi connectivity index (χ1n) is 13.7. The maximum atomic E-state index is 14.3. The van der Waals surface area contributed by atoms with Crippen LogP contribution in [0.15, 0.2) is 122 Å². The number of hydrogen-bond donors (Lipinski definition) is 0. The standard InChI is InChI=1S/C30H24F4N6OSi2.OSi2/c31-23-1-9-27(10-2-23)42(21-39-19-35-17-37-39,28-11-3-24(32)4-12-28)41-43(22-40-20-36-18-38-40,29-13-5-25(33)6-14-29)30-15-7-26(34)8-16-30;2-1-3/h1-20H,21-22H2;. The van der Waals surface area contributed by atoms with E-state index in [2.05, 4.69) is 45.3 Å². The summed E-state index contributed by atoms with van der Waals surface area (Å²) in [6.07, 6.45) is 6.25. The van der Waals surface area contributed by atoms with Gasteiger partial charge in [-0.05, 0) is 69.3 Å². The first-order valence-corrected chi connectivity index (χ1v) is 18.7. The van der Waals surface area contributed by atoms with Gasteiger partial charge in [0, 0.05) is 0 Å². The van der Waals surface area contributed by atoms with E-state index in [-0.39, 0.29) is 12.3 Å². The zero-order valence-electron chi connectivity index (χ0n) is 24.0. The average Bonchev–Trinajstić information content (AvgIpc) is 3.77. The van der Waals surface area contributed by atoms with Gasteiger partial charge in [0.2, 0.25) is 21.0 Å². The van der Waals surface area contributed by atoms with Crippen molar-refractivity contribution in [3.05, 3.63) is 146 Å². The first kappa shape index (κ1) is 33.0. The molecule has 0 unspecified atom stereocenters. The van der Waals surface area contributed by atoms with Gasteiger partial charge < -0.3 is 8.23 Å². The molecular formula is C30H24F4N6O2Si4. The van der Waals surface area contributed by atoms with Gasteiger partial charge in [-0.25, -0.2) is 27.5 Å². The van der Waals surface area contributed by atoms with E-state index in [0.29, 0.717) is 20.7 Å². The van der Waals surface area contributed by atoms with Crippen molar-refractivity contribution in [2.24, 2.45) is 0 Å². The summed E-state index contributed by atoms with van der Waals surface area (Å²) in [7, 11) is -2.05. The summed E-state index contributed by atoms with van der Waals surface area (Å²) in [4.78, 5) is 8.24. The van der Waals surface area contributed by atoms with Crippen LogP contribution in [0, 0.1) is 23.3 Å². The third-order valence-electron chi connectivity index (χ3n) is 7.29. The van der Waals surface area contributed by atoms with Crippen molar-refractivity contribution in [2.45, 2.75) is 12.3 Å². The van der Waals surface area contributed by atoms with Gasteiger partial charge in [-0.2, -0.15) is 10.2 Å². The monoisotopic (exact) mass is 688 g/mol. The van der Waals surface area contributed by atoms with Crippen LogP contribution in [0.1, 0.15) is 0 Å². The quantitative estimate of drug-likeness (QED) is 0.162. The summed E-state index contributed by atoms with van der Waals surface area (Å²) in [6, 6.07) is 24.1. The number of rotatable bonds is 10. The highest BCUT2D eigenvalue weighted by Crippen LogP contribution is 2.22. The van der Waals surface area contributed by atoms with Gasteiger partial charge in [0.1, 0.15) is 48.6 Å². The van der Waals surface area contributed by atoms with Crippen LogP contribution in [0.2, 0.25) is 0 Å². The molecule has 0 saturated carbocycles. The Morgan fingerprint density at radius 3 is 0.978 bits per heavy atom. The highest BCUT2D eigenvalue weighted by molar-refractivity contribution is 7.08. The fourth-order valence-corrected chi connectivity index (χ4v) is 15.5. The zero-order valence-corrected chi connectivity index (χ0v) is 28.0. The number of nitrogens with zero attached hydrogens (tertiary/aromatic N) is 6. The van der Waals surface area contributed by atoms with Crippen molar-refractivity contribution in [1.82, 2.24) is 29.5 Å². The smallest absolute Gasteiger partial charge is 0.267 e. The molecule has 0 amide bonds. The van der Waals surface area contributed by atoms with Gasteiger partial charge >= 0.3 is 0 Å². The molecule has 0 bridgehead atoms. The predicted molar refractivity (Wildman–Crippen MR) is 169 cm³/mol. The molecule has 6 radical (unpaired) electrons. The summed E-state index contributed by atoms with van der Waals surface area (Å²) in [5.41, 5.74) is 0. The van der Waals surface area contributed by atoms with Crippen LogP contribution in [-0.2, 0) is 20.6 Å².